The number of methoxy groups -OCH3 is 1. The summed E-state index contributed by atoms with van der Waals surface area (Å²) in [5.74, 6) is 0.126. The Morgan fingerprint density at radius 2 is 1.79 bits per heavy atom. The molecule has 10 heteroatoms. The maximum atomic E-state index is 12.8. The fourth-order valence-corrected chi connectivity index (χ4v) is 3.96. The van der Waals surface area contributed by atoms with Crippen molar-refractivity contribution in [1.82, 2.24) is 34.7 Å². The molecule has 0 atom stereocenters. The molecule has 4 rings (SSSR count). The Morgan fingerprint density at radius 3 is 2.48 bits per heavy atom. The van der Waals surface area contributed by atoms with Crippen molar-refractivity contribution in [3.05, 3.63) is 53.9 Å². The summed E-state index contributed by atoms with van der Waals surface area (Å²) in [6.07, 6.45) is 1.69. The summed E-state index contributed by atoms with van der Waals surface area (Å²) in [6.45, 7) is 3.96. The van der Waals surface area contributed by atoms with Gasteiger partial charge in [0.25, 0.3) is 11.8 Å². The number of ether oxygens (including phenoxy) is 1. The molecule has 2 amide bonds. The molecule has 0 saturated carbocycles. The monoisotopic (exact) mass is 451 g/mol. The first-order chi connectivity index (χ1) is 16.0. The summed E-state index contributed by atoms with van der Waals surface area (Å²) in [5, 5.41) is 11.6. The zero-order valence-corrected chi connectivity index (χ0v) is 19.2. The van der Waals surface area contributed by atoms with Crippen LogP contribution in [0.25, 0.3) is 11.3 Å². The van der Waals surface area contributed by atoms with Gasteiger partial charge in [-0.3, -0.25) is 23.9 Å². The Labute approximate surface area is 192 Å². The van der Waals surface area contributed by atoms with E-state index >= 15 is 0 Å². The molecule has 1 aliphatic heterocycles. The van der Waals surface area contributed by atoms with Gasteiger partial charge in [-0.15, -0.1) is 5.10 Å². The van der Waals surface area contributed by atoms with E-state index < -0.39 is 0 Å². The van der Waals surface area contributed by atoms with Crippen molar-refractivity contribution < 1.29 is 14.3 Å². The number of rotatable bonds is 7. The highest BCUT2D eigenvalue weighted by atomic mass is 16.5. The van der Waals surface area contributed by atoms with Crippen molar-refractivity contribution in [2.75, 3.05) is 46.4 Å². The molecule has 1 aliphatic rings. The third-order valence-electron chi connectivity index (χ3n) is 5.77. The summed E-state index contributed by atoms with van der Waals surface area (Å²) < 4.78 is 8.40. The van der Waals surface area contributed by atoms with E-state index in [2.05, 4.69) is 20.4 Å². The zero-order chi connectivity index (χ0) is 23.4. The quantitative estimate of drug-likeness (QED) is 0.576. The lowest BCUT2D eigenvalue weighted by atomic mass is 10.1. The van der Waals surface area contributed by atoms with Gasteiger partial charge in [-0.05, 0) is 6.07 Å². The van der Waals surface area contributed by atoms with Crippen molar-refractivity contribution in [2.24, 2.45) is 14.1 Å². The van der Waals surface area contributed by atoms with Gasteiger partial charge in [-0.1, -0.05) is 30.3 Å². The topological polar surface area (TPSA) is 97.5 Å². The van der Waals surface area contributed by atoms with Gasteiger partial charge in [0.15, 0.2) is 0 Å². The number of benzene rings is 1. The summed E-state index contributed by atoms with van der Waals surface area (Å²) in [4.78, 5) is 29.5. The standard InChI is InChI=1S/C23H29N7O3/c1-27-16-18(22(26-27)33-3)23(32)30-13-11-29(12-14-30)10-9-24-21(31)20-15-19(25-28(20)2)17-7-5-4-6-8-17/h4-8,15-16H,9-14H2,1-3H3,(H,24,31). The van der Waals surface area contributed by atoms with Crippen LogP contribution in [0.4, 0.5) is 0 Å². The average molecular weight is 452 g/mol. The Morgan fingerprint density at radius 1 is 1.06 bits per heavy atom. The van der Waals surface area contributed by atoms with Crippen LogP contribution in [0.3, 0.4) is 0 Å². The molecule has 10 nitrogen and oxygen atoms in total. The number of hydrogen-bond donors (Lipinski definition) is 1. The molecule has 174 valence electrons. The lowest BCUT2D eigenvalue weighted by molar-refractivity contribution is 0.0634. The second-order valence-corrected chi connectivity index (χ2v) is 8.02. The van der Waals surface area contributed by atoms with Crippen LogP contribution < -0.4 is 10.1 Å². The SMILES string of the molecule is COc1nn(C)cc1C(=O)N1CCN(CCNC(=O)c2cc(-c3ccccc3)nn2C)CC1. The highest BCUT2D eigenvalue weighted by Gasteiger charge is 2.26. The molecule has 2 aromatic heterocycles. The Bertz CT molecular complexity index is 1110. The average Bonchev–Trinajstić information content (AvgIpc) is 3.42. The smallest absolute Gasteiger partial charge is 0.269 e. The number of carbonyl (C=O) groups is 2. The molecule has 1 fully saturated rings. The molecule has 0 spiro atoms. The van der Waals surface area contributed by atoms with Gasteiger partial charge < -0.3 is 15.0 Å². The van der Waals surface area contributed by atoms with Gasteiger partial charge >= 0.3 is 0 Å². The first kappa shape index (κ1) is 22.5. The van der Waals surface area contributed by atoms with Crippen LogP contribution in [-0.4, -0.2) is 87.6 Å². The van der Waals surface area contributed by atoms with Crippen LogP contribution in [0, 0.1) is 0 Å². The molecular formula is C23H29N7O3. The van der Waals surface area contributed by atoms with Crippen LogP contribution >= 0.6 is 0 Å². The minimum Gasteiger partial charge on any atom is -0.479 e. The van der Waals surface area contributed by atoms with E-state index in [0.29, 0.717) is 43.3 Å². The minimum atomic E-state index is -0.148. The van der Waals surface area contributed by atoms with Gasteiger partial charge in [-0.25, -0.2) is 0 Å². The number of nitrogens with zero attached hydrogens (tertiary/aromatic N) is 6. The van der Waals surface area contributed by atoms with E-state index in [0.717, 1.165) is 24.3 Å². The predicted octanol–water partition coefficient (Wildman–Crippen LogP) is 1.02. The lowest BCUT2D eigenvalue weighted by Crippen LogP contribution is -2.50. The molecule has 0 aliphatic carbocycles. The minimum absolute atomic E-state index is 0.0710. The van der Waals surface area contributed by atoms with Crippen molar-refractivity contribution in [3.8, 4) is 17.1 Å². The lowest BCUT2D eigenvalue weighted by Gasteiger charge is -2.34. The molecule has 0 radical (unpaired) electrons. The summed E-state index contributed by atoms with van der Waals surface area (Å²) in [5.41, 5.74) is 2.75. The van der Waals surface area contributed by atoms with E-state index in [4.69, 9.17) is 4.74 Å². The van der Waals surface area contributed by atoms with Gasteiger partial charge in [0.2, 0.25) is 5.88 Å². The maximum absolute atomic E-state index is 12.8. The number of nitrogens with one attached hydrogen (secondary N) is 1. The maximum Gasteiger partial charge on any atom is 0.269 e. The van der Waals surface area contributed by atoms with E-state index in [1.807, 2.05) is 41.3 Å². The summed E-state index contributed by atoms with van der Waals surface area (Å²) in [6, 6.07) is 11.6. The largest absolute Gasteiger partial charge is 0.479 e. The fourth-order valence-electron chi connectivity index (χ4n) is 3.96. The van der Waals surface area contributed by atoms with Crippen molar-refractivity contribution in [2.45, 2.75) is 0 Å². The molecule has 1 N–H and O–H groups in total. The van der Waals surface area contributed by atoms with Crippen LogP contribution in [0.15, 0.2) is 42.6 Å². The summed E-state index contributed by atoms with van der Waals surface area (Å²) >= 11 is 0. The van der Waals surface area contributed by atoms with Crippen LogP contribution in [0.1, 0.15) is 20.8 Å². The molecule has 1 saturated heterocycles. The number of hydrogen-bond acceptors (Lipinski definition) is 6. The van der Waals surface area contributed by atoms with Crippen molar-refractivity contribution in [3.63, 3.8) is 0 Å². The first-order valence-corrected chi connectivity index (χ1v) is 10.9. The normalized spacial score (nSPS) is 14.3. The molecule has 1 aromatic carbocycles. The Kier molecular flexibility index (Phi) is 6.74. The van der Waals surface area contributed by atoms with E-state index in [9.17, 15) is 9.59 Å². The predicted molar refractivity (Wildman–Crippen MR) is 123 cm³/mol. The fraction of sp³-hybridized carbons (Fsp3) is 0.391. The highest BCUT2D eigenvalue weighted by molar-refractivity contribution is 5.96. The van der Waals surface area contributed by atoms with E-state index in [1.165, 1.54) is 7.11 Å². The number of amides is 2. The number of aryl methyl sites for hydroxylation is 2. The Hall–Kier alpha value is -3.66. The molecule has 0 unspecified atom stereocenters. The molecular weight excluding hydrogens is 422 g/mol. The van der Waals surface area contributed by atoms with Crippen molar-refractivity contribution in [1.29, 1.82) is 0 Å². The highest BCUT2D eigenvalue weighted by Crippen LogP contribution is 2.19. The summed E-state index contributed by atoms with van der Waals surface area (Å²) in [7, 11) is 5.05. The van der Waals surface area contributed by atoms with Crippen LogP contribution in [-0.2, 0) is 14.1 Å². The molecule has 3 aromatic rings. The third kappa shape index (κ3) is 5.06. The molecule has 0 bridgehead atoms. The Balaban J connectivity index is 1.25. The van der Waals surface area contributed by atoms with Gasteiger partial charge in [0.1, 0.15) is 11.3 Å². The van der Waals surface area contributed by atoms with Gasteiger partial charge in [-0.2, -0.15) is 5.10 Å². The third-order valence-corrected chi connectivity index (χ3v) is 5.77. The molecule has 3 heterocycles. The van der Waals surface area contributed by atoms with Gasteiger partial charge in [0.05, 0.1) is 12.8 Å². The number of aromatic nitrogens is 4. The van der Waals surface area contributed by atoms with Crippen LogP contribution in [0.5, 0.6) is 5.88 Å². The van der Waals surface area contributed by atoms with Crippen molar-refractivity contribution >= 4 is 11.8 Å². The second kappa shape index (κ2) is 9.86. The van der Waals surface area contributed by atoms with E-state index in [1.54, 1.807) is 29.7 Å². The number of carbonyl (C=O) groups excluding carboxylic acids is 2. The first-order valence-electron chi connectivity index (χ1n) is 10.9. The number of piperazine rings is 1. The molecule has 33 heavy (non-hydrogen) atoms. The zero-order valence-electron chi connectivity index (χ0n) is 19.2. The van der Waals surface area contributed by atoms with Crippen LogP contribution in [0.2, 0.25) is 0 Å². The second-order valence-electron chi connectivity index (χ2n) is 8.02. The van der Waals surface area contributed by atoms with E-state index in [-0.39, 0.29) is 11.8 Å². The van der Waals surface area contributed by atoms with Gasteiger partial charge in [0, 0.05) is 65.1 Å².